The minimum absolute atomic E-state index is 0.0661. The lowest BCUT2D eigenvalue weighted by Gasteiger charge is -2.39. The molecular formula is C24H26ClN3O3S. The third-order valence-electron chi connectivity index (χ3n) is 5.94. The molecule has 168 valence electrons. The van der Waals surface area contributed by atoms with Crippen LogP contribution in [-0.4, -0.2) is 45.3 Å². The van der Waals surface area contributed by atoms with Crippen LogP contribution in [0.3, 0.4) is 0 Å². The maximum absolute atomic E-state index is 13.4. The molecule has 0 saturated carbocycles. The summed E-state index contributed by atoms with van der Waals surface area (Å²) >= 11 is 7.61. The summed E-state index contributed by atoms with van der Waals surface area (Å²) in [5, 5.41) is 1.36. The van der Waals surface area contributed by atoms with Crippen molar-refractivity contribution in [1.29, 1.82) is 0 Å². The minimum atomic E-state index is -0.202. The van der Waals surface area contributed by atoms with Crippen LogP contribution in [0.15, 0.2) is 52.4 Å². The number of amides is 1. The molecule has 1 aliphatic heterocycles. The number of thioether (sulfide) groups is 1. The molecule has 0 aliphatic carbocycles. The number of methoxy groups -OCH3 is 1. The fraction of sp³-hybridized carbons (Fsp3) is 0.375. The van der Waals surface area contributed by atoms with E-state index in [1.807, 2.05) is 23.1 Å². The molecule has 1 fully saturated rings. The van der Waals surface area contributed by atoms with Gasteiger partial charge in [-0.05, 0) is 63.4 Å². The number of nitrogens with zero attached hydrogens (tertiary/aromatic N) is 3. The Labute approximate surface area is 196 Å². The van der Waals surface area contributed by atoms with Gasteiger partial charge in [0.1, 0.15) is 5.75 Å². The van der Waals surface area contributed by atoms with Gasteiger partial charge >= 0.3 is 0 Å². The van der Waals surface area contributed by atoms with Crippen molar-refractivity contribution >= 4 is 40.2 Å². The highest BCUT2D eigenvalue weighted by atomic mass is 35.5. The molecule has 8 heteroatoms. The number of hydrogen-bond acceptors (Lipinski definition) is 5. The van der Waals surface area contributed by atoms with E-state index in [0.29, 0.717) is 32.5 Å². The van der Waals surface area contributed by atoms with E-state index in [4.69, 9.17) is 21.3 Å². The monoisotopic (exact) mass is 471 g/mol. The van der Waals surface area contributed by atoms with Crippen LogP contribution < -0.4 is 10.3 Å². The summed E-state index contributed by atoms with van der Waals surface area (Å²) in [6, 6.07) is 12.8. The van der Waals surface area contributed by atoms with E-state index >= 15 is 0 Å². The van der Waals surface area contributed by atoms with Crippen molar-refractivity contribution < 1.29 is 9.53 Å². The van der Waals surface area contributed by atoms with Gasteiger partial charge in [0, 0.05) is 12.1 Å². The third-order valence-corrected chi connectivity index (χ3v) is 7.16. The molecule has 2 atom stereocenters. The third kappa shape index (κ3) is 4.36. The number of benzene rings is 2. The van der Waals surface area contributed by atoms with E-state index in [-0.39, 0.29) is 29.3 Å². The summed E-state index contributed by atoms with van der Waals surface area (Å²) in [4.78, 5) is 33.2. The van der Waals surface area contributed by atoms with Gasteiger partial charge in [-0.25, -0.2) is 4.98 Å². The Morgan fingerprint density at radius 2 is 1.91 bits per heavy atom. The van der Waals surface area contributed by atoms with Crippen LogP contribution >= 0.6 is 23.4 Å². The maximum atomic E-state index is 13.4. The molecule has 1 aliphatic rings. The number of rotatable bonds is 5. The van der Waals surface area contributed by atoms with E-state index in [1.165, 1.54) is 16.3 Å². The average molecular weight is 472 g/mol. The summed E-state index contributed by atoms with van der Waals surface area (Å²) in [5.74, 6) is 0.801. The molecule has 1 amide bonds. The predicted octanol–water partition coefficient (Wildman–Crippen LogP) is 4.93. The van der Waals surface area contributed by atoms with Crippen molar-refractivity contribution in [1.82, 2.24) is 14.5 Å². The van der Waals surface area contributed by atoms with Crippen molar-refractivity contribution in [2.45, 2.75) is 50.4 Å². The van der Waals surface area contributed by atoms with Crippen molar-refractivity contribution in [2.24, 2.45) is 0 Å². The number of aromatic nitrogens is 2. The first-order chi connectivity index (χ1) is 15.4. The molecule has 4 rings (SSSR count). The molecule has 0 N–H and O–H groups in total. The van der Waals surface area contributed by atoms with Gasteiger partial charge in [-0.2, -0.15) is 0 Å². The Kier molecular flexibility index (Phi) is 6.76. The standard InChI is InChI=1S/C24H26ClN3O3S/c1-15-7-6-8-16(2)27(15)22(29)14-32-24-26-20-10-5-4-9-18(20)23(30)28(24)17-11-12-21(31-3)19(25)13-17/h4-5,9-13,15-16H,6-8,14H2,1-3H3. The number of carbonyl (C=O) groups is 1. The molecule has 2 aromatic carbocycles. The fourth-order valence-corrected chi connectivity index (χ4v) is 5.48. The number of fused-ring (bicyclic) bond motifs is 1. The minimum Gasteiger partial charge on any atom is -0.495 e. The van der Waals surface area contributed by atoms with Gasteiger partial charge in [0.05, 0.1) is 34.5 Å². The molecule has 6 nitrogen and oxygen atoms in total. The zero-order valence-corrected chi connectivity index (χ0v) is 19.9. The zero-order valence-electron chi connectivity index (χ0n) is 18.4. The molecule has 2 unspecified atom stereocenters. The number of likely N-dealkylation sites (tertiary alicyclic amines) is 1. The molecule has 3 aromatic rings. The number of para-hydroxylation sites is 1. The van der Waals surface area contributed by atoms with Gasteiger partial charge in [0.2, 0.25) is 5.91 Å². The number of carbonyl (C=O) groups excluding carboxylic acids is 1. The molecule has 0 bridgehead atoms. The summed E-state index contributed by atoms with van der Waals surface area (Å²) in [6.07, 6.45) is 3.18. The highest BCUT2D eigenvalue weighted by Crippen LogP contribution is 2.29. The molecule has 1 aromatic heterocycles. The first-order valence-electron chi connectivity index (χ1n) is 10.7. The number of piperidine rings is 1. The van der Waals surface area contributed by atoms with Crippen LogP contribution in [0.1, 0.15) is 33.1 Å². The van der Waals surface area contributed by atoms with Crippen LogP contribution in [0.2, 0.25) is 5.02 Å². The zero-order chi connectivity index (χ0) is 22.8. The van der Waals surface area contributed by atoms with Crippen LogP contribution in [0.4, 0.5) is 0 Å². The van der Waals surface area contributed by atoms with Gasteiger partial charge < -0.3 is 9.64 Å². The Morgan fingerprint density at radius 3 is 2.59 bits per heavy atom. The largest absolute Gasteiger partial charge is 0.495 e. The van der Waals surface area contributed by atoms with Crippen molar-refractivity contribution in [3.63, 3.8) is 0 Å². The topological polar surface area (TPSA) is 64.4 Å². The van der Waals surface area contributed by atoms with Gasteiger partial charge in [-0.3, -0.25) is 14.2 Å². The molecular weight excluding hydrogens is 446 g/mol. The average Bonchev–Trinajstić information content (AvgIpc) is 2.77. The van der Waals surface area contributed by atoms with E-state index < -0.39 is 0 Å². The molecule has 0 spiro atoms. The SMILES string of the molecule is COc1ccc(-n2c(SCC(=O)N3C(C)CCCC3C)nc3ccccc3c2=O)cc1Cl. The van der Waals surface area contributed by atoms with Crippen LogP contribution in [0.25, 0.3) is 16.6 Å². The van der Waals surface area contributed by atoms with Crippen molar-refractivity contribution in [3.05, 3.63) is 57.8 Å². The van der Waals surface area contributed by atoms with Crippen LogP contribution in [0, 0.1) is 0 Å². The van der Waals surface area contributed by atoms with E-state index in [0.717, 1.165) is 19.3 Å². The Bertz CT molecular complexity index is 1200. The second-order valence-electron chi connectivity index (χ2n) is 8.09. The Balaban J connectivity index is 1.73. The summed E-state index contributed by atoms with van der Waals surface area (Å²) < 4.78 is 6.76. The second-order valence-corrected chi connectivity index (χ2v) is 9.44. The lowest BCUT2D eigenvalue weighted by atomic mass is 9.98. The van der Waals surface area contributed by atoms with Gasteiger partial charge in [-0.15, -0.1) is 0 Å². The van der Waals surface area contributed by atoms with E-state index in [9.17, 15) is 9.59 Å². The first-order valence-corrected chi connectivity index (χ1v) is 12.1. The van der Waals surface area contributed by atoms with Crippen LogP contribution in [0.5, 0.6) is 5.75 Å². The van der Waals surface area contributed by atoms with Crippen molar-refractivity contribution in [2.75, 3.05) is 12.9 Å². The maximum Gasteiger partial charge on any atom is 0.266 e. The Hall–Kier alpha value is -2.51. The number of halogens is 1. The number of hydrogen-bond donors (Lipinski definition) is 0. The highest BCUT2D eigenvalue weighted by Gasteiger charge is 2.29. The smallest absolute Gasteiger partial charge is 0.266 e. The van der Waals surface area contributed by atoms with E-state index in [2.05, 4.69) is 13.8 Å². The molecule has 2 heterocycles. The summed E-state index contributed by atoms with van der Waals surface area (Å²) in [5.41, 5.74) is 0.975. The predicted molar refractivity (Wildman–Crippen MR) is 129 cm³/mol. The lowest BCUT2D eigenvalue weighted by Crippen LogP contribution is -2.48. The van der Waals surface area contributed by atoms with Crippen LogP contribution in [-0.2, 0) is 4.79 Å². The lowest BCUT2D eigenvalue weighted by molar-refractivity contribution is -0.134. The summed E-state index contributed by atoms with van der Waals surface area (Å²) in [6.45, 7) is 4.20. The highest BCUT2D eigenvalue weighted by molar-refractivity contribution is 7.99. The molecule has 0 radical (unpaired) electrons. The van der Waals surface area contributed by atoms with Gasteiger partial charge in [0.25, 0.3) is 5.56 Å². The van der Waals surface area contributed by atoms with E-state index in [1.54, 1.807) is 31.4 Å². The molecule has 32 heavy (non-hydrogen) atoms. The van der Waals surface area contributed by atoms with Gasteiger partial charge in [0.15, 0.2) is 5.16 Å². The van der Waals surface area contributed by atoms with Crippen molar-refractivity contribution in [3.8, 4) is 11.4 Å². The number of ether oxygens (including phenoxy) is 1. The quantitative estimate of drug-likeness (QED) is 0.390. The molecule has 1 saturated heterocycles. The second kappa shape index (κ2) is 9.55. The fourth-order valence-electron chi connectivity index (χ4n) is 4.34. The van der Waals surface area contributed by atoms with Gasteiger partial charge in [-0.1, -0.05) is 35.5 Å². The first kappa shape index (κ1) is 22.7. The summed E-state index contributed by atoms with van der Waals surface area (Å²) in [7, 11) is 1.54. The Morgan fingerprint density at radius 1 is 1.19 bits per heavy atom. The normalized spacial score (nSPS) is 18.7.